The summed E-state index contributed by atoms with van der Waals surface area (Å²) in [6.07, 6.45) is 11.1. The lowest BCUT2D eigenvalue weighted by Gasteiger charge is -2.22. The second-order valence-electron chi connectivity index (χ2n) is 6.56. The lowest BCUT2D eigenvalue weighted by atomic mass is 9.90. The number of fused-ring (bicyclic) bond motifs is 1. The maximum absolute atomic E-state index is 12.5. The van der Waals surface area contributed by atoms with Crippen LogP contribution in [0.25, 0.3) is 10.6 Å². The second-order valence-corrected chi connectivity index (χ2v) is 7.64. The van der Waals surface area contributed by atoms with E-state index in [1.807, 2.05) is 18.3 Å². The first-order chi connectivity index (χ1) is 11.3. The summed E-state index contributed by atoms with van der Waals surface area (Å²) in [7, 11) is 0. The average Bonchev–Trinajstić information content (AvgIpc) is 3.24. The van der Waals surface area contributed by atoms with Crippen LogP contribution in [-0.4, -0.2) is 21.9 Å². The Bertz CT molecular complexity index is 692. The quantitative estimate of drug-likeness (QED) is 0.940. The number of aryl methyl sites for hydroxylation is 1. The SMILES string of the molecule is O=C(NC1CCCC1)C1CCc2nc(-c3cccnc3)sc2C1. The molecule has 4 rings (SSSR count). The van der Waals surface area contributed by atoms with Gasteiger partial charge in [0.25, 0.3) is 0 Å². The monoisotopic (exact) mass is 327 g/mol. The van der Waals surface area contributed by atoms with Crippen LogP contribution in [0.15, 0.2) is 24.5 Å². The number of rotatable bonds is 3. The molecule has 2 aromatic rings. The molecule has 0 radical (unpaired) electrons. The van der Waals surface area contributed by atoms with Crippen molar-refractivity contribution < 1.29 is 4.79 Å². The average molecular weight is 327 g/mol. The second kappa shape index (κ2) is 6.40. The van der Waals surface area contributed by atoms with Gasteiger partial charge in [-0.05, 0) is 44.2 Å². The number of aromatic nitrogens is 2. The van der Waals surface area contributed by atoms with Crippen LogP contribution in [0, 0.1) is 5.92 Å². The molecule has 23 heavy (non-hydrogen) atoms. The number of carbonyl (C=O) groups excluding carboxylic acids is 1. The van der Waals surface area contributed by atoms with Crippen molar-refractivity contribution in [2.24, 2.45) is 5.92 Å². The maximum Gasteiger partial charge on any atom is 0.223 e. The van der Waals surface area contributed by atoms with Crippen molar-refractivity contribution in [3.8, 4) is 10.6 Å². The molecule has 2 aliphatic carbocycles. The Balaban J connectivity index is 1.46. The summed E-state index contributed by atoms with van der Waals surface area (Å²) in [6, 6.07) is 4.39. The van der Waals surface area contributed by atoms with Gasteiger partial charge in [-0.2, -0.15) is 0 Å². The number of amides is 1. The Kier molecular flexibility index (Phi) is 4.12. The van der Waals surface area contributed by atoms with Crippen molar-refractivity contribution in [1.82, 2.24) is 15.3 Å². The lowest BCUT2D eigenvalue weighted by molar-refractivity contribution is -0.126. The van der Waals surface area contributed by atoms with Gasteiger partial charge < -0.3 is 5.32 Å². The number of pyridine rings is 1. The number of hydrogen-bond donors (Lipinski definition) is 1. The minimum Gasteiger partial charge on any atom is -0.353 e. The van der Waals surface area contributed by atoms with Gasteiger partial charge in [-0.1, -0.05) is 12.8 Å². The van der Waals surface area contributed by atoms with Crippen LogP contribution in [0.5, 0.6) is 0 Å². The van der Waals surface area contributed by atoms with E-state index in [0.717, 1.165) is 42.7 Å². The van der Waals surface area contributed by atoms with Gasteiger partial charge in [-0.3, -0.25) is 9.78 Å². The summed E-state index contributed by atoms with van der Waals surface area (Å²) in [5.41, 5.74) is 2.25. The minimum atomic E-state index is 0.116. The lowest BCUT2D eigenvalue weighted by Crippen LogP contribution is -2.39. The molecule has 0 aliphatic heterocycles. The van der Waals surface area contributed by atoms with Crippen molar-refractivity contribution >= 4 is 17.2 Å². The summed E-state index contributed by atoms with van der Waals surface area (Å²) in [4.78, 5) is 22.7. The minimum absolute atomic E-state index is 0.116. The van der Waals surface area contributed by atoms with Crippen LogP contribution >= 0.6 is 11.3 Å². The molecule has 2 aliphatic rings. The molecule has 1 N–H and O–H groups in total. The topological polar surface area (TPSA) is 54.9 Å². The fraction of sp³-hybridized carbons (Fsp3) is 0.500. The molecule has 4 nitrogen and oxygen atoms in total. The first-order valence-electron chi connectivity index (χ1n) is 8.49. The maximum atomic E-state index is 12.5. The third-order valence-electron chi connectivity index (χ3n) is 4.92. The van der Waals surface area contributed by atoms with Crippen LogP contribution in [-0.2, 0) is 17.6 Å². The molecule has 120 valence electrons. The van der Waals surface area contributed by atoms with Crippen LogP contribution in [0.2, 0.25) is 0 Å². The van der Waals surface area contributed by atoms with Crippen molar-refractivity contribution in [2.45, 2.75) is 51.0 Å². The molecule has 0 spiro atoms. The first kappa shape index (κ1) is 14.8. The van der Waals surface area contributed by atoms with E-state index < -0.39 is 0 Å². The number of carbonyl (C=O) groups is 1. The van der Waals surface area contributed by atoms with Gasteiger partial charge >= 0.3 is 0 Å². The van der Waals surface area contributed by atoms with E-state index in [4.69, 9.17) is 4.98 Å². The predicted molar refractivity (Wildman–Crippen MR) is 91.3 cm³/mol. The van der Waals surface area contributed by atoms with Crippen LogP contribution < -0.4 is 5.32 Å². The first-order valence-corrected chi connectivity index (χ1v) is 9.30. The standard InChI is InChI=1S/C18H21N3OS/c22-17(20-14-5-1-2-6-14)12-7-8-15-16(10-12)23-18(21-15)13-4-3-9-19-11-13/h3-4,9,11-12,14H,1-2,5-8,10H2,(H,20,22). The molecule has 2 heterocycles. The number of thiazole rings is 1. The molecule has 1 atom stereocenters. The molecule has 5 heteroatoms. The molecule has 0 aromatic carbocycles. The Morgan fingerprint density at radius 2 is 2.13 bits per heavy atom. The highest BCUT2D eigenvalue weighted by molar-refractivity contribution is 7.15. The number of nitrogens with one attached hydrogen (secondary N) is 1. The fourth-order valence-corrected chi connectivity index (χ4v) is 4.78. The normalized spacial score (nSPS) is 21.1. The van der Waals surface area contributed by atoms with E-state index in [0.29, 0.717) is 6.04 Å². The van der Waals surface area contributed by atoms with Gasteiger partial charge in [0, 0.05) is 34.8 Å². The van der Waals surface area contributed by atoms with Crippen LogP contribution in [0.3, 0.4) is 0 Å². The largest absolute Gasteiger partial charge is 0.353 e. The summed E-state index contributed by atoms with van der Waals surface area (Å²) in [5, 5.41) is 4.28. The van der Waals surface area contributed by atoms with Gasteiger partial charge in [-0.25, -0.2) is 4.98 Å². The Labute approximate surface area is 140 Å². The molecule has 1 amide bonds. The van der Waals surface area contributed by atoms with E-state index in [1.54, 1.807) is 17.5 Å². The zero-order valence-corrected chi connectivity index (χ0v) is 13.9. The fourth-order valence-electron chi connectivity index (χ4n) is 3.60. The van der Waals surface area contributed by atoms with Gasteiger partial charge in [-0.15, -0.1) is 11.3 Å². The van der Waals surface area contributed by atoms with Crippen molar-refractivity contribution in [3.63, 3.8) is 0 Å². The highest BCUT2D eigenvalue weighted by Gasteiger charge is 2.29. The molecule has 0 saturated heterocycles. The van der Waals surface area contributed by atoms with E-state index in [9.17, 15) is 4.79 Å². The molecule has 0 bridgehead atoms. The van der Waals surface area contributed by atoms with Crippen molar-refractivity contribution in [2.75, 3.05) is 0 Å². The van der Waals surface area contributed by atoms with Gasteiger partial charge in [0.1, 0.15) is 5.01 Å². The molecular formula is C18H21N3OS. The molecule has 1 unspecified atom stereocenters. The van der Waals surface area contributed by atoms with E-state index in [1.165, 1.54) is 23.4 Å². The van der Waals surface area contributed by atoms with E-state index in [-0.39, 0.29) is 11.8 Å². The molecular weight excluding hydrogens is 306 g/mol. The summed E-state index contributed by atoms with van der Waals surface area (Å²) < 4.78 is 0. The van der Waals surface area contributed by atoms with Crippen molar-refractivity contribution in [1.29, 1.82) is 0 Å². The van der Waals surface area contributed by atoms with E-state index >= 15 is 0 Å². The van der Waals surface area contributed by atoms with Gasteiger partial charge in [0.2, 0.25) is 5.91 Å². The smallest absolute Gasteiger partial charge is 0.223 e. The Morgan fingerprint density at radius 1 is 1.26 bits per heavy atom. The summed E-state index contributed by atoms with van der Waals surface area (Å²) in [5.74, 6) is 0.365. The third kappa shape index (κ3) is 3.15. The van der Waals surface area contributed by atoms with Gasteiger partial charge in [0.15, 0.2) is 0 Å². The van der Waals surface area contributed by atoms with Gasteiger partial charge in [0.05, 0.1) is 5.69 Å². The highest BCUT2D eigenvalue weighted by atomic mass is 32.1. The zero-order valence-electron chi connectivity index (χ0n) is 13.1. The summed E-state index contributed by atoms with van der Waals surface area (Å²) >= 11 is 1.72. The summed E-state index contributed by atoms with van der Waals surface area (Å²) in [6.45, 7) is 0. The molecule has 2 aromatic heterocycles. The predicted octanol–water partition coefficient (Wildman–Crippen LogP) is 3.37. The molecule has 1 saturated carbocycles. The van der Waals surface area contributed by atoms with Crippen LogP contribution in [0.1, 0.15) is 42.7 Å². The Hall–Kier alpha value is -1.75. The highest BCUT2D eigenvalue weighted by Crippen LogP contribution is 2.34. The van der Waals surface area contributed by atoms with E-state index in [2.05, 4.69) is 10.3 Å². The van der Waals surface area contributed by atoms with Crippen LogP contribution in [0.4, 0.5) is 0 Å². The zero-order chi connectivity index (χ0) is 15.6. The number of nitrogens with zero attached hydrogens (tertiary/aromatic N) is 2. The molecule has 1 fully saturated rings. The Morgan fingerprint density at radius 3 is 2.91 bits per heavy atom. The van der Waals surface area contributed by atoms with Crippen molar-refractivity contribution in [3.05, 3.63) is 35.1 Å². The third-order valence-corrected chi connectivity index (χ3v) is 6.09. The number of hydrogen-bond acceptors (Lipinski definition) is 4.